The molecule has 0 aromatic heterocycles. The van der Waals surface area contributed by atoms with Crippen LogP contribution in [-0.2, 0) is 15.3 Å². The zero-order valence-electron chi connectivity index (χ0n) is 18.5. The zero-order valence-corrected chi connectivity index (χ0v) is 19.3. The molecular formula is C23H26N4O4S. The van der Waals surface area contributed by atoms with Crippen molar-refractivity contribution in [2.75, 3.05) is 25.6 Å². The van der Waals surface area contributed by atoms with Gasteiger partial charge in [-0.25, -0.2) is 9.79 Å². The number of amidine groups is 1. The summed E-state index contributed by atoms with van der Waals surface area (Å²) in [6.45, 7) is 3.90. The summed E-state index contributed by atoms with van der Waals surface area (Å²) in [4.78, 5) is 29.9. The molecule has 2 aromatic rings. The van der Waals surface area contributed by atoms with Gasteiger partial charge in [-0.05, 0) is 37.1 Å². The van der Waals surface area contributed by atoms with E-state index in [1.807, 2.05) is 50.2 Å². The highest BCUT2D eigenvalue weighted by Crippen LogP contribution is 2.34. The topological polar surface area (TPSA) is 97.1 Å². The van der Waals surface area contributed by atoms with E-state index in [0.717, 1.165) is 16.8 Å². The lowest BCUT2D eigenvalue weighted by Gasteiger charge is -2.26. The van der Waals surface area contributed by atoms with Gasteiger partial charge < -0.3 is 15.0 Å². The summed E-state index contributed by atoms with van der Waals surface area (Å²) in [5.41, 5.74) is 4.14. The first-order valence-corrected chi connectivity index (χ1v) is 11.1. The van der Waals surface area contributed by atoms with Crippen molar-refractivity contribution in [3.05, 3.63) is 81.0 Å². The molecule has 0 unspecified atom stereocenters. The number of carbonyl (C=O) groups excluding carboxylic acids is 1. The molecule has 0 saturated heterocycles. The SMILES string of the molecule is CCOC(=O)C1=C(C)NC(SCc2ccc([N+](=O)[O-])cc2)=N[C@H]1c1ccc(N(C)C)cc1. The number of rotatable bonds is 7. The molecule has 32 heavy (non-hydrogen) atoms. The van der Waals surface area contributed by atoms with Crippen LogP contribution in [0.5, 0.6) is 0 Å². The first-order valence-electron chi connectivity index (χ1n) is 10.2. The van der Waals surface area contributed by atoms with Crippen molar-refractivity contribution in [2.45, 2.75) is 25.6 Å². The lowest BCUT2D eigenvalue weighted by atomic mass is 9.96. The zero-order chi connectivity index (χ0) is 23.3. The van der Waals surface area contributed by atoms with E-state index >= 15 is 0 Å². The average molecular weight is 455 g/mol. The first kappa shape index (κ1) is 23.3. The summed E-state index contributed by atoms with van der Waals surface area (Å²) < 4.78 is 5.28. The van der Waals surface area contributed by atoms with Gasteiger partial charge in [0.2, 0.25) is 0 Å². The van der Waals surface area contributed by atoms with Gasteiger partial charge in [0.05, 0.1) is 17.1 Å². The second-order valence-electron chi connectivity index (χ2n) is 7.42. The average Bonchev–Trinajstić information content (AvgIpc) is 2.77. The highest BCUT2D eigenvalue weighted by atomic mass is 32.2. The van der Waals surface area contributed by atoms with Gasteiger partial charge in [0.25, 0.3) is 5.69 Å². The molecule has 1 aliphatic heterocycles. The predicted molar refractivity (Wildman–Crippen MR) is 128 cm³/mol. The molecule has 0 amide bonds. The summed E-state index contributed by atoms with van der Waals surface area (Å²) >= 11 is 1.48. The van der Waals surface area contributed by atoms with Gasteiger partial charge in [0, 0.05) is 43.4 Å². The van der Waals surface area contributed by atoms with Crippen molar-refractivity contribution < 1.29 is 14.5 Å². The molecule has 0 radical (unpaired) electrons. The molecule has 8 nitrogen and oxygen atoms in total. The minimum absolute atomic E-state index is 0.0611. The number of nitro benzene ring substituents is 1. The second kappa shape index (κ2) is 10.3. The number of allylic oxidation sites excluding steroid dienone is 1. The molecule has 0 fully saturated rings. The number of aliphatic imine (C=N–C) groups is 1. The molecule has 168 valence electrons. The van der Waals surface area contributed by atoms with E-state index in [9.17, 15) is 14.9 Å². The smallest absolute Gasteiger partial charge is 0.338 e. The van der Waals surface area contributed by atoms with Crippen LogP contribution in [0.25, 0.3) is 0 Å². The summed E-state index contributed by atoms with van der Waals surface area (Å²) in [5.74, 6) is 0.195. The van der Waals surface area contributed by atoms with Crippen LogP contribution in [0.2, 0.25) is 0 Å². The van der Waals surface area contributed by atoms with E-state index < -0.39 is 11.0 Å². The number of thioether (sulfide) groups is 1. The van der Waals surface area contributed by atoms with Crippen molar-refractivity contribution in [3.63, 3.8) is 0 Å². The Balaban J connectivity index is 1.85. The molecule has 1 atom stereocenters. The van der Waals surface area contributed by atoms with E-state index in [0.29, 0.717) is 22.2 Å². The number of hydrogen-bond donors (Lipinski definition) is 1. The Morgan fingerprint density at radius 3 is 2.41 bits per heavy atom. The van der Waals surface area contributed by atoms with Crippen LogP contribution in [0.3, 0.4) is 0 Å². The fraction of sp³-hybridized carbons (Fsp3) is 0.304. The van der Waals surface area contributed by atoms with Gasteiger partial charge in [-0.1, -0.05) is 36.0 Å². The Morgan fingerprint density at radius 2 is 1.84 bits per heavy atom. The fourth-order valence-corrected chi connectivity index (χ4v) is 4.16. The molecule has 1 aliphatic rings. The van der Waals surface area contributed by atoms with Crippen molar-refractivity contribution in [1.82, 2.24) is 5.32 Å². The maximum atomic E-state index is 12.7. The standard InChI is InChI=1S/C23H26N4O4S/c1-5-31-22(28)20-15(2)24-23(32-14-16-6-10-19(11-7-16)27(29)30)25-21(20)17-8-12-18(13-9-17)26(3)4/h6-13,21H,5,14H2,1-4H3,(H,24,25)/t21-/m0/s1. The number of carbonyl (C=O) groups is 1. The van der Waals surface area contributed by atoms with Crippen molar-refractivity contribution in [1.29, 1.82) is 0 Å². The Kier molecular flexibility index (Phi) is 7.53. The second-order valence-corrected chi connectivity index (χ2v) is 8.38. The molecule has 1 N–H and O–H groups in total. The number of nitrogens with zero attached hydrogens (tertiary/aromatic N) is 3. The first-order chi connectivity index (χ1) is 15.3. The van der Waals surface area contributed by atoms with E-state index in [1.165, 1.54) is 23.9 Å². The van der Waals surface area contributed by atoms with Gasteiger partial charge in [-0.2, -0.15) is 0 Å². The fourth-order valence-electron chi connectivity index (χ4n) is 3.26. The third-order valence-corrected chi connectivity index (χ3v) is 5.92. The van der Waals surface area contributed by atoms with Crippen molar-refractivity contribution >= 4 is 34.3 Å². The third-order valence-electron chi connectivity index (χ3n) is 4.96. The van der Waals surface area contributed by atoms with Crippen LogP contribution in [0.1, 0.15) is 31.0 Å². The highest BCUT2D eigenvalue weighted by molar-refractivity contribution is 8.13. The molecular weight excluding hydrogens is 428 g/mol. The molecule has 0 saturated carbocycles. The van der Waals surface area contributed by atoms with Crippen LogP contribution in [-0.4, -0.2) is 36.8 Å². The predicted octanol–water partition coefficient (Wildman–Crippen LogP) is 4.43. The number of hydrogen-bond acceptors (Lipinski definition) is 8. The number of non-ortho nitro benzene ring substituents is 1. The Labute approximate surface area is 191 Å². The van der Waals surface area contributed by atoms with Crippen LogP contribution < -0.4 is 10.2 Å². The third kappa shape index (κ3) is 5.47. The lowest BCUT2D eigenvalue weighted by molar-refractivity contribution is -0.384. The Hall–Kier alpha value is -3.33. The highest BCUT2D eigenvalue weighted by Gasteiger charge is 2.30. The maximum Gasteiger partial charge on any atom is 0.338 e. The van der Waals surface area contributed by atoms with Gasteiger partial charge >= 0.3 is 5.97 Å². The molecule has 9 heteroatoms. The van der Waals surface area contributed by atoms with Crippen LogP contribution in [0.15, 0.2) is 64.8 Å². The quantitative estimate of drug-likeness (QED) is 0.375. The van der Waals surface area contributed by atoms with Crippen molar-refractivity contribution in [3.8, 4) is 0 Å². The van der Waals surface area contributed by atoms with E-state index in [-0.39, 0.29) is 18.3 Å². The van der Waals surface area contributed by atoms with E-state index in [4.69, 9.17) is 9.73 Å². The molecule has 1 heterocycles. The van der Waals surface area contributed by atoms with Gasteiger partial charge in [-0.15, -0.1) is 0 Å². The lowest BCUT2D eigenvalue weighted by Crippen LogP contribution is -2.30. The van der Waals surface area contributed by atoms with Gasteiger partial charge in [0.1, 0.15) is 6.04 Å². The van der Waals surface area contributed by atoms with Gasteiger partial charge in [0.15, 0.2) is 5.17 Å². The van der Waals surface area contributed by atoms with E-state index in [2.05, 4.69) is 5.32 Å². The number of nitro groups is 1. The van der Waals surface area contributed by atoms with E-state index in [1.54, 1.807) is 19.1 Å². The number of benzene rings is 2. The Bertz CT molecular complexity index is 1050. The summed E-state index contributed by atoms with van der Waals surface area (Å²) in [7, 11) is 3.94. The normalized spacial score (nSPS) is 15.6. The molecule has 3 rings (SSSR count). The largest absolute Gasteiger partial charge is 0.463 e. The van der Waals surface area contributed by atoms with Gasteiger partial charge in [-0.3, -0.25) is 10.1 Å². The number of esters is 1. The monoisotopic (exact) mass is 454 g/mol. The Morgan fingerprint density at radius 1 is 1.19 bits per heavy atom. The van der Waals surface area contributed by atoms with Crippen LogP contribution in [0, 0.1) is 10.1 Å². The molecule has 0 bridgehead atoms. The number of anilines is 1. The summed E-state index contributed by atoms with van der Waals surface area (Å²) in [6.07, 6.45) is 0. The van der Waals surface area contributed by atoms with Crippen molar-refractivity contribution in [2.24, 2.45) is 4.99 Å². The molecule has 2 aromatic carbocycles. The maximum absolute atomic E-state index is 12.7. The summed E-state index contributed by atoms with van der Waals surface area (Å²) in [5, 5.41) is 14.7. The minimum atomic E-state index is -0.481. The number of ether oxygens (including phenoxy) is 1. The molecule has 0 spiro atoms. The summed E-state index contributed by atoms with van der Waals surface area (Å²) in [6, 6.07) is 13.9. The minimum Gasteiger partial charge on any atom is -0.463 e. The number of nitrogens with one attached hydrogen (secondary N) is 1. The van der Waals surface area contributed by atoms with Crippen LogP contribution in [0.4, 0.5) is 11.4 Å². The van der Waals surface area contributed by atoms with Crippen LogP contribution >= 0.6 is 11.8 Å². The molecule has 0 aliphatic carbocycles.